The summed E-state index contributed by atoms with van der Waals surface area (Å²) in [6.07, 6.45) is 0. The van der Waals surface area contributed by atoms with Crippen molar-refractivity contribution >= 4 is 132 Å². The van der Waals surface area contributed by atoms with E-state index in [4.69, 9.17) is 8.83 Å². The summed E-state index contributed by atoms with van der Waals surface area (Å²) in [5.41, 5.74) is 19.2. The van der Waals surface area contributed by atoms with Crippen molar-refractivity contribution < 1.29 is 8.83 Å². The molecule has 0 radical (unpaired) electrons. The first kappa shape index (κ1) is 47.7. The molecule has 0 saturated heterocycles. The van der Waals surface area contributed by atoms with E-state index in [9.17, 15) is 0 Å². The second-order valence-corrected chi connectivity index (χ2v) is 22.4. The molecule has 0 fully saturated rings. The van der Waals surface area contributed by atoms with Crippen LogP contribution in [0.5, 0.6) is 0 Å². The van der Waals surface area contributed by atoms with Gasteiger partial charge in [0, 0.05) is 77.2 Å². The van der Waals surface area contributed by atoms with Gasteiger partial charge in [-0.1, -0.05) is 149 Å². The maximum atomic E-state index is 6.81. The summed E-state index contributed by atoms with van der Waals surface area (Å²) in [7, 11) is 0. The monoisotopic (exact) mass is 1060 g/mol. The molecule has 12 aromatic carbocycles. The summed E-state index contributed by atoms with van der Waals surface area (Å²) in [4.78, 5) is 4.82. The molecular formula is C76H56N4O2. The Kier molecular flexibility index (Phi) is 10.8. The largest absolute Gasteiger partial charge is 0.456 e. The molecule has 4 heterocycles. The predicted molar refractivity (Wildman–Crippen MR) is 345 cm³/mol. The number of fused-ring (bicyclic) bond motifs is 15. The maximum Gasteiger partial charge on any atom is 0.136 e. The molecule has 0 bridgehead atoms. The number of nitrogens with zero attached hydrogens (tertiary/aromatic N) is 4. The van der Waals surface area contributed by atoms with E-state index in [-0.39, 0.29) is 0 Å². The van der Waals surface area contributed by atoms with Gasteiger partial charge in [-0.25, -0.2) is 0 Å². The van der Waals surface area contributed by atoms with Crippen molar-refractivity contribution in [3.05, 3.63) is 266 Å². The highest BCUT2D eigenvalue weighted by atomic mass is 16.3. The SMILES string of the molecule is CC(C)c1ccc(-n2c3ccccc3c3cccc(N(c4ccccc4)c4ccc5oc6ccc7c(ccc8oc9ccc(N(c%10ccccc%10)c%10cccc%11c%12ccccc%12n(-c%12ccc(C(C)C)cc%12)c%10%11)cc9c87)c6c5c4)c32)cc1. The van der Waals surface area contributed by atoms with Crippen LogP contribution in [-0.2, 0) is 0 Å². The van der Waals surface area contributed by atoms with E-state index in [1.54, 1.807) is 0 Å². The van der Waals surface area contributed by atoms with Gasteiger partial charge in [0.25, 0.3) is 0 Å². The summed E-state index contributed by atoms with van der Waals surface area (Å²) < 4.78 is 18.5. The van der Waals surface area contributed by atoms with Crippen molar-refractivity contribution in [3.63, 3.8) is 0 Å². The van der Waals surface area contributed by atoms with Gasteiger partial charge in [0.1, 0.15) is 22.3 Å². The average Bonchev–Trinajstić information content (AvgIpc) is 3.92. The number of rotatable bonds is 10. The van der Waals surface area contributed by atoms with Gasteiger partial charge in [-0.15, -0.1) is 0 Å². The van der Waals surface area contributed by atoms with Crippen LogP contribution in [0.3, 0.4) is 0 Å². The van der Waals surface area contributed by atoms with Gasteiger partial charge < -0.3 is 27.8 Å². The Balaban J connectivity index is 0.892. The average molecular weight is 1060 g/mol. The van der Waals surface area contributed by atoms with Crippen LogP contribution in [0.2, 0.25) is 0 Å². The van der Waals surface area contributed by atoms with E-state index in [0.29, 0.717) is 11.8 Å². The minimum Gasteiger partial charge on any atom is -0.456 e. The molecule has 0 spiro atoms. The highest BCUT2D eigenvalue weighted by Crippen LogP contribution is 2.49. The Hall–Kier alpha value is -10.3. The fourth-order valence-electron chi connectivity index (χ4n) is 13.1. The van der Waals surface area contributed by atoms with E-state index in [2.05, 4.69) is 301 Å². The Morgan fingerprint density at radius 3 is 1.09 bits per heavy atom. The van der Waals surface area contributed by atoms with Crippen molar-refractivity contribution in [2.75, 3.05) is 9.80 Å². The molecule has 0 unspecified atom stereocenters. The van der Waals surface area contributed by atoms with Crippen LogP contribution in [-0.4, -0.2) is 9.13 Å². The molecule has 0 saturated carbocycles. The van der Waals surface area contributed by atoms with Crippen LogP contribution in [0, 0.1) is 0 Å². The number of anilines is 6. The van der Waals surface area contributed by atoms with E-state index < -0.39 is 0 Å². The van der Waals surface area contributed by atoms with E-state index in [1.807, 2.05) is 0 Å². The van der Waals surface area contributed by atoms with E-state index >= 15 is 0 Å². The van der Waals surface area contributed by atoms with Crippen LogP contribution < -0.4 is 9.80 Å². The highest BCUT2D eigenvalue weighted by molar-refractivity contribution is 6.28. The van der Waals surface area contributed by atoms with Gasteiger partial charge in [0.2, 0.25) is 0 Å². The third-order valence-electron chi connectivity index (χ3n) is 17.0. The van der Waals surface area contributed by atoms with Gasteiger partial charge in [-0.05, 0) is 167 Å². The Morgan fingerprint density at radius 1 is 0.293 bits per heavy atom. The van der Waals surface area contributed by atoms with Crippen LogP contribution in [0.4, 0.5) is 34.1 Å². The first-order valence-electron chi connectivity index (χ1n) is 28.5. The maximum absolute atomic E-state index is 6.81. The quantitative estimate of drug-likeness (QED) is 0.137. The molecule has 16 aromatic rings. The topological polar surface area (TPSA) is 42.6 Å². The molecule has 82 heavy (non-hydrogen) atoms. The predicted octanol–water partition coefficient (Wildman–Crippen LogP) is 22.0. The van der Waals surface area contributed by atoms with Gasteiger partial charge in [-0.3, -0.25) is 0 Å². The molecule has 6 nitrogen and oxygen atoms in total. The summed E-state index contributed by atoms with van der Waals surface area (Å²) in [6.45, 7) is 9.00. The summed E-state index contributed by atoms with van der Waals surface area (Å²) in [6, 6.07) is 92.7. The highest BCUT2D eigenvalue weighted by Gasteiger charge is 2.26. The third kappa shape index (κ3) is 7.34. The number of hydrogen-bond acceptors (Lipinski definition) is 4. The molecule has 0 aliphatic carbocycles. The number of furan rings is 2. The van der Waals surface area contributed by atoms with Crippen molar-refractivity contribution in [1.82, 2.24) is 9.13 Å². The molecule has 16 rings (SSSR count). The lowest BCUT2D eigenvalue weighted by molar-refractivity contribution is 0.668. The molecule has 6 heteroatoms. The zero-order chi connectivity index (χ0) is 54.7. The van der Waals surface area contributed by atoms with Gasteiger partial charge in [-0.2, -0.15) is 0 Å². The number of benzene rings is 12. The molecule has 4 aromatic heterocycles. The summed E-state index contributed by atoms with van der Waals surface area (Å²) in [5, 5.41) is 11.2. The molecule has 0 N–H and O–H groups in total. The van der Waals surface area contributed by atoms with Crippen molar-refractivity contribution in [2.45, 2.75) is 39.5 Å². The third-order valence-corrected chi connectivity index (χ3v) is 17.0. The fraction of sp³-hybridized carbons (Fsp3) is 0.0789. The Labute approximate surface area is 474 Å². The minimum atomic E-state index is 0.434. The Bertz CT molecular complexity index is 4830. The molecular weight excluding hydrogens is 1000 g/mol. The molecule has 0 aliphatic rings. The first-order chi connectivity index (χ1) is 40.3. The number of hydrogen-bond donors (Lipinski definition) is 0. The van der Waals surface area contributed by atoms with Crippen LogP contribution in [0.25, 0.3) is 110 Å². The van der Waals surface area contributed by atoms with Gasteiger partial charge in [0.05, 0.1) is 33.4 Å². The van der Waals surface area contributed by atoms with E-state index in [0.717, 1.165) is 111 Å². The smallest absolute Gasteiger partial charge is 0.136 e. The summed E-state index contributed by atoms with van der Waals surface area (Å²) in [5.74, 6) is 0.867. The molecule has 0 aliphatic heterocycles. The lowest BCUT2D eigenvalue weighted by atomic mass is 9.99. The van der Waals surface area contributed by atoms with Gasteiger partial charge >= 0.3 is 0 Å². The lowest BCUT2D eigenvalue weighted by Gasteiger charge is -2.27. The van der Waals surface area contributed by atoms with Crippen LogP contribution >= 0.6 is 0 Å². The fourth-order valence-corrected chi connectivity index (χ4v) is 13.1. The van der Waals surface area contributed by atoms with Crippen LogP contribution in [0.15, 0.2) is 264 Å². The second-order valence-electron chi connectivity index (χ2n) is 22.4. The van der Waals surface area contributed by atoms with Gasteiger partial charge in [0.15, 0.2) is 0 Å². The molecule has 0 amide bonds. The standard InChI is InChI=1S/C76H56N4O2/c1-47(2)49-29-33-53(34-30-49)79-65-25-13-11-21-57(65)61-23-15-27-67(75(61)79)77(51-17-7-5-8-18-51)55-37-41-69-63(45-55)73-59-39-44-72-74(60(59)40-43-71(73)81-69)64-46-56(38-42-70(64)82-72)78(52-19-9-6-10-20-52)68-28-16-24-62-58-22-12-14-26-66(58)80(76(62)68)54-35-31-50(32-36-54)48(3)4/h5-48H,1-4H3. The van der Waals surface area contributed by atoms with Crippen molar-refractivity contribution in [3.8, 4) is 11.4 Å². The second kappa shape index (κ2) is 18.7. The van der Waals surface area contributed by atoms with Crippen LogP contribution in [0.1, 0.15) is 50.7 Å². The Morgan fingerprint density at radius 2 is 0.671 bits per heavy atom. The minimum absolute atomic E-state index is 0.434. The van der Waals surface area contributed by atoms with Crippen molar-refractivity contribution in [1.29, 1.82) is 0 Å². The molecule has 392 valence electrons. The molecule has 0 atom stereocenters. The number of para-hydroxylation sites is 6. The zero-order valence-corrected chi connectivity index (χ0v) is 46.0. The van der Waals surface area contributed by atoms with Crippen molar-refractivity contribution in [2.24, 2.45) is 0 Å². The zero-order valence-electron chi connectivity index (χ0n) is 46.0. The first-order valence-corrected chi connectivity index (χ1v) is 28.5. The van der Waals surface area contributed by atoms with E-state index in [1.165, 1.54) is 43.7 Å². The number of aromatic nitrogens is 2. The normalized spacial score (nSPS) is 12.1. The lowest BCUT2D eigenvalue weighted by Crippen LogP contribution is -2.11. The summed E-state index contributed by atoms with van der Waals surface area (Å²) >= 11 is 0.